The number of carbonyl (C=O) groups is 2. The highest BCUT2D eigenvalue weighted by atomic mass is 35.5. The molecule has 1 fully saturated rings. The van der Waals surface area contributed by atoms with Gasteiger partial charge in [-0.2, -0.15) is 0 Å². The average molecular weight is 445 g/mol. The van der Waals surface area contributed by atoms with Crippen LogP contribution in [-0.2, 0) is 21.6 Å². The van der Waals surface area contributed by atoms with Gasteiger partial charge in [-0.25, -0.2) is 4.79 Å². The number of primary amides is 1. The minimum Gasteiger partial charge on any atom is -0.445 e. The molecule has 0 spiro atoms. The zero-order valence-electron chi connectivity index (χ0n) is 18.6. The van der Waals surface area contributed by atoms with Crippen LogP contribution in [0.3, 0.4) is 0 Å². The third kappa shape index (κ3) is 8.25. The first-order valence-corrected chi connectivity index (χ1v) is 11.1. The summed E-state index contributed by atoms with van der Waals surface area (Å²) < 4.78 is 5.52. The third-order valence-corrected chi connectivity index (χ3v) is 5.50. The Hall–Kier alpha value is -2.53. The molecule has 6 heteroatoms. The summed E-state index contributed by atoms with van der Waals surface area (Å²) in [5.74, 6) is -0.179. The minimum atomic E-state index is -0.480. The van der Waals surface area contributed by atoms with Crippen molar-refractivity contribution >= 4 is 23.6 Å². The first-order valence-electron chi connectivity index (χ1n) is 10.6. The predicted molar refractivity (Wildman–Crippen MR) is 125 cm³/mol. The van der Waals surface area contributed by atoms with E-state index in [0.29, 0.717) is 12.5 Å². The van der Waals surface area contributed by atoms with Crippen LogP contribution in [0.2, 0.25) is 0 Å². The minimum absolute atomic E-state index is 0.0833. The van der Waals surface area contributed by atoms with Crippen molar-refractivity contribution in [1.29, 1.82) is 0 Å². The molecule has 0 aliphatic carbocycles. The summed E-state index contributed by atoms with van der Waals surface area (Å²) >= 11 is 4.86. The van der Waals surface area contributed by atoms with Crippen LogP contribution in [-0.4, -0.2) is 35.9 Å². The van der Waals surface area contributed by atoms with E-state index in [0.717, 1.165) is 31.5 Å². The Morgan fingerprint density at radius 1 is 1.13 bits per heavy atom. The van der Waals surface area contributed by atoms with E-state index in [9.17, 15) is 9.59 Å². The molecule has 1 unspecified atom stereocenters. The number of hydrogen-bond acceptors (Lipinski definition) is 3. The maximum atomic E-state index is 12.5. The largest absolute Gasteiger partial charge is 0.445 e. The van der Waals surface area contributed by atoms with Gasteiger partial charge >= 0.3 is 6.09 Å². The summed E-state index contributed by atoms with van der Waals surface area (Å²) in [4.78, 5) is 23.8. The van der Waals surface area contributed by atoms with Crippen LogP contribution in [0.25, 0.3) is 0 Å². The highest BCUT2D eigenvalue weighted by Crippen LogP contribution is 2.31. The number of hydrogen-bond donors (Lipinski definition) is 1. The highest BCUT2D eigenvalue weighted by Gasteiger charge is 2.26. The number of amides is 2. The molecule has 0 bridgehead atoms. The Morgan fingerprint density at radius 2 is 1.81 bits per heavy atom. The van der Waals surface area contributed by atoms with Gasteiger partial charge < -0.3 is 15.4 Å². The molecule has 3 rings (SSSR count). The van der Waals surface area contributed by atoms with Gasteiger partial charge in [-0.15, -0.1) is 11.6 Å². The standard InChI is InChI=1S/C23H29NO2.C2H4ClNO/c1-23(2,3)21-13-7-11-19(15-21)20-12-8-14-24(16-20)22(25)26-17-18-9-5-4-6-10-18;3-1-2(4)5/h4-7,9-11,13,15,20H,8,12,14,16-17H2,1-3H3;1H2,(H2,4,5). The van der Waals surface area contributed by atoms with Crippen molar-refractivity contribution in [3.05, 3.63) is 71.3 Å². The number of halogens is 1. The summed E-state index contributed by atoms with van der Waals surface area (Å²) in [6.45, 7) is 8.56. The number of nitrogens with zero attached hydrogens (tertiary/aromatic N) is 1. The monoisotopic (exact) mass is 444 g/mol. The molecule has 1 aliphatic rings. The van der Waals surface area contributed by atoms with Gasteiger partial charge in [0.15, 0.2) is 0 Å². The molecule has 0 saturated carbocycles. The fraction of sp³-hybridized carbons (Fsp3) is 0.440. The fourth-order valence-electron chi connectivity index (χ4n) is 3.48. The topological polar surface area (TPSA) is 72.6 Å². The van der Waals surface area contributed by atoms with Crippen molar-refractivity contribution < 1.29 is 14.3 Å². The summed E-state index contributed by atoms with van der Waals surface area (Å²) in [6, 6.07) is 18.7. The second kappa shape index (κ2) is 11.8. The number of rotatable bonds is 4. The van der Waals surface area contributed by atoms with Crippen LogP contribution in [0, 0.1) is 0 Å². The van der Waals surface area contributed by atoms with Crippen LogP contribution in [0.15, 0.2) is 54.6 Å². The van der Waals surface area contributed by atoms with Gasteiger partial charge in [-0.05, 0) is 34.9 Å². The lowest BCUT2D eigenvalue weighted by Gasteiger charge is -2.33. The quantitative estimate of drug-likeness (QED) is 0.657. The van der Waals surface area contributed by atoms with E-state index in [1.54, 1.807) is 0 Å². The van der Waals surface area contributed by atoms with E-state index < -0.39 is 5.91 Å². The fourth-order valence-corrected chi connectivity index (χ4v) is 3.48. The van der Waals surface area contributed by atoms with E-state index in [-0.39, 0.29) is 17.4 Å². The first-order chi connectivity index (χ1) is 14.7. The number of ether oxygens (including phenoxy) is 1. The molecular formula is C25H33ClN2O3. The molecule has 1 atom stereocenters. The smallest absolute Gasteiger partial charge is 0.410 e. The molecule has 2 N–H and O–H groups in total. The molecule has 168 valence electrons. The zero-order valence-corrected chi connectivity index (χ0v) is 19.4. The van der Waals surface area contributed by atoms with Crippen LogP contribution >= 0.6 is 11.6 Å². The second-order valence-electron chi connectivity index (χ2n) is 8.80. The van der Waals surface area contributed by atoms with Gasteiger partial charge in [0.05, 0.1) is 0 Å². The van der Waals surface area contributed by atoms with Crippen LogP contribution in [0.5, 0.6) is 0 Å². The summed E-state index contributed by atoms with van der Waals surface area (Å²) in [7, 11) is 0. The van der Waals surface area contributed by atoms with Crippen molar-refractivity contribution in [2.24, 2.45) is 5.73 Å². The molecule has 2 aromatic rings. The number of benzene rings is 2. The van der Waals surface area contributed by atoms with E-state index in [2.05, 4.69) is 50.8 Å². The Morgan fingerprint density at radius 3 is 2.42 bits per heavy atom. The van der Waals surface area contributed by atoms with Crippen molar-refractivity contribution in [3.8, 4) is 0 Å². The average Bonchev–Trinajstić information content (AvgIpc) is 2.78. The van der Waals surface area contributed by atoms with Crippen LogP contribution in [0.1, 0.15) is 56.2 Å². The van der Waals surface area contributed by atoms with E-state index in [1.807, 2.05) is 35.2 Å². The van der Waals surface area contributed by atoms with Crippen molar-refractivity contribution in [1.82, 2.24) is 4.90 Å². The number of alkyl halides is 1. The normalized spacial score (nSPS) is 16.1. The van der Waals surface area contributed by atoms with E-state index in [4.69, 9.17) is 16.3 Å². The number of likely N-dealkylation sites (tertiary alicyclic amines) is 1. The van der Waals surface area contributed by atoms with Crippen molar-refractivity contribution in [3.63, 3.8) is 0 Å². The third-order valence-electron chi connectivity index (χ3n) is 5.24. The maximum Gasteiger partial charge on any atom is 0.410 e. The molecule has 1 heterocycles. The van der Waals surface area contributed by atoms with Gasteiger partial charge in [-0.1, -0.05) is 75.4 Å². The van der Waals surface area contributed by atoms with E-state index >= 15 is 0 Å². The number of piperidine rings is 1. The summed E-state index contributed by atoms with van der Waals surface area (Å²) in [5.41, 5.74) is 8.36. The lowest BCUT2D eigenvalue weighted by molar-refractivity contribution is -0.115. The van der Waals surface area contributed by atoms with Gasteiger partial charge in [-0.3, -0.25) is 4.79 Å². The Kier molecular flexibility index (Phi) is 9.38. The van der Waals surface area contributed by atoms with Gasteiger partial charge in [0.1, 0.15) is 12.5 Å². The maximum absolute atomic E-state index is 12.5. The van der Waals surface area contributed by atoms with Gasteiger partial charge in [0, 0.05) is 19.0 Å². The lowest BCUT2D eigenvalue weighted by Crippen LogP contribution is -2.39. The Bertz CT molecular complexity index is 849. The molecule has 2 amide bonds. The van der Waals surface area contributed by atoms with E-state index in [1.165, 1.54) is 11.1 Å². The first kappa shape index (κ1) is 24.7. The summed E-state index contributed by atoms with van der Waals surface area (Å²) in [5, 5.41) is 0. The highest BCUT2D eigenvalue weighted by molar-refractivity contribution is 6.27. The number of carbonyl (C=O) groups excluding carboxylic acids is 2. The lowest BCUT2D eigenvalue weighted by atomic mass is 9.83. The SMILES string of the molecule is CC(C)(C)c1cccc(C2CCCN(C(=O)OCc3ccccc3)C2)c1.NC(=O)CCl. The zero-order chi connectivity index (χ0) is 22.9. The Balaban J connectivity index is 0.000000614. The molecular weight excluding hydrogens is 412 g/mol. The molecule has 5 nitrogen and oxygen atoms in total. The van der Waals surface area contributed by atoms with Crippen molar-refractivity contribution in [2.75, 3.05) is 19.0 Å². The molecule has 1 aliphatic heterocycles. The van der Waals surface area contributed by atoms with Crippen molar-refractivity contribution in [2.45, 2.75) is 51.6 Å². The molecule has 31 heavy (non-hydrogen) atoms. The molecule has 1 saturated heterocycles. The molecule has 0 radical (unpaired) electrons. The van der Waals surface area contributed by atoms with Gasteiger partial charge in [0.2, 0.25) is 5.91 Å². The molecule has 0 aromatic heterocycles. The number of nitrogens with two attached hydrogens (primary N) is 1. The van der Waals surface area contributed by atoms with Gasteiger partial charge in [0.25, 0.3) is 0 Å². The second-order valence-corrected chi connectivity index (χ2v) is 9.07. The molecule has 2 aromatic carbocycles. The predicted octanol–water partition coefficient (Wildman–Crippen LogP) is 5.21. The summed E-state index contributed by atoms with van der Waals surface area (Å²) in [6.07, 6.45) is 1.94. The Labute approximate surface area is 190 Å². The van der Waals surface area contributed by atoms with Crippen LogP contribution < -0.4 is 5.73 Å². The van der Waals surface area contributed by atoms with Crippen LogP contribution in [0.4, 0.5) is 4.79 Å².